The summed E-state index contributed by atoms with van der Waals surface area (Å²) < 4.78 is 32.9. The highest BCUT2D eigenvalue weighted by molar-refractivity contribution is 7.89. The maximum Gasteiger partial charge on any atom is 0.251 e. The number of amides is 2. The number of ether oxygens (including phenoxy) is 1. The summed E-state index contributed by atoms with van der Waals surface area (Å²) in [6, 6.07) is 11.1. The number of anilines is 1. The Morgan fingerprint density at radius 1 is 1.03 bits per heavy atom. The molecule has 9 heteroatoms. The maximum absolute atomic E-state index is 13.1. The zero-order chi connectivity index (χ0) is 24.2. The van der Waals surface area contributed by atoms with Gasteiger partial charge in [0.1, 0.15) is 6.04 Å². The monoisotopic (exact) mass is 473 g/mol. The number of nitrogens with zero attached hydrogens (tertiary/aromatic N) is 1. The van der Waals surface area contributed by atoms with E-state index in [0.29, 0.717) is 43.1 Å². The number of sulfonamides is 1. The standard InChI is InChI=1S/C24H31N3O5S/c1-16(2)22(26-23(28)19-7-5-6-17(3)14-19)24(29)25-20-9-8-18(4)21(15-20)33(30,31)27-10-12-32-13-11-27/h5-9,14-16,22H,10-13H2,1-4H3,(H,25,29)(H,26,28)/t22-/m1/s1. The molecule has 0 bridgehead atoms. The molecule has 0 aliphatic carbocycles. The molecule has 1 heterocycles. The molecule has 2 amide bonds. The summed E-state index contributed by atoms with van der Waals surface area (Å²) in [6.07, 6.45) is 0. The molecule has 8 nitrogen and oxygen atoms in total. The lowest BCUT2D eigenvalue weighted by atomic mass is 10.0. The molecule has 0 unspecified atom stereocenters. The van der Waals surface area contributed by atoms with Crippen LogP contribution in [0.25, 0.3) is 0 Å². The fourth-order valence-electron chi connectivity index (χ4n) is 3.65. The van der Waals surface area contributed by atoms with E-state index in [2.05, 4.69) is 10.6 Å². The molecule has 1 aliphatic heterocycles. The lowest BCUT2D eigenvalue weighted by Gasteiger charge is -2.27. The van der Waals surface area contributed by atoms with E-state index in [4.69, 9.17) is 4.74 Å². The summed E-state index contributed by atoms with van der Waals surface area (Å²) in [4.78, 5) is 25.9. The SMILES string of the molecule is Cc1cccc(C(=O)N[C@@H](C(=O)Nc2ccc(C)c(S(=O)(=O)N3CCOCC3)c2)C(C)C)c1. The Bertz CT molecular complexity index is 1120. The third-order valence-corrected chi connectivity index (χ3v) is 7.60. The number of hydrogen-bond donors (Lipinski definition) is 2. The molecular formula is C24H31N3O5S. The van der Waals surface area contributed by atoms with E-state index >= 15 is 0 Å². The molecule has 33 heavy (non-hydrogen) atoms. The van der Waals surface area contributed by atoms with Crippen LogP contribution in [0.1, 0.15) is 35.3 Å². The number of morpholine rings is 1. The van der Waals surface area contributed by atoms with Crippen molar-refractivity contribution in [2.45, 2.75) is 38.6 Å². The predicted molar refractivity (Wildman–Crippen MR) is 127 cm³/mol. The van der Waals surface area contributed by atoms with Gasteiger partial charge in [0.15, 0.2) is 0 Å². The fraction of sp³-hybridized carbons (Fsp3) is 0.417. The maximum atomic E-state index is 13.1. The highest BCUT2D eigenvalue weighted by Crippen LogP contribution is 2.25. The molecular weight excluding hydrogens is 442 g/mol. The fourth-order valence-corrected chi connectivity index (χ4v) is 5.31. The first kappa shape index (κ1) is 24.9. The highest BCUT2D eigenvalue weighted by Gasteiger charge is 2.29. The molecule has 1 fully saturated rings. The Kier molecular flexibility index (Phi) is 7.88. The number of nitrogens with one attached hydrogen (secondary N) is 2. The largest absolute Gasteiger partial charge is 0.379 e. The quantitative estimate of drug-likeness (QED) is 0.643. The number of rotatable bonds is 7. The average molecular weight is 474 g/mol. The summed E-state index contributed by atoms with van der Waals surface area (Å²) in [5, 5.41) is 5.57. The van der Waals surface area contributed by atoms with Gasteiger partial charge in [0.25, 0.3) is 5.91 Å². The van der Waals surface area contributed by atoms with E-state index in [0.717, 1.165) is 5.56 Å². The van der Waals surface area contributed by atoms with Gasteiger partial charge in [-0.15, -0.1) is 0 Å². The van der Waals surface area contributed by atoms with Gasteiger partial charge in [0.05, 0.1) is 18.1 Å². The summed E-state index contributed by atoms with van der Waals surface area (Å²) in [7, 11) is -3.71. The molecule has 2 N–H and O–H groups in total. The zero-order valence-corrected chi connectivity index (χ0v) is 20.2. The summed E-state index contributed by atoms with van der Waals surface area (Å²) in [5.74, 6) is -0.933. The number of carbonyl (C=O) groups is 2. The van der Waals surface area contributed by atoms with Gasteiger partial charge in [0, 0.05) is 24.3 Å². The van der Waals surface area contributed by atoms with Gasteiger partial charge in [-0.05, 0) is 49.6 Å². The van der Waals surface area contributed by atoms with E-state index in [9.17, 15) is 18.0 Å². The Labute approximate surface area is 195 Å². The molecule has 178 valence electrons. The van der Waals surface area contributed by atoms with Crippen molar-refractivity contribution < 1.29 is 22.7 Å². The summed E-state index contributed by atoms with van der Waals surface area (Å²) in [6.45, 7) is 8.57. The lowest BCUT2D eigenvalue weighted by Crippen LogP contribution is -2.47. The van der Waals surface area contributed by atoms with Crippen molar-refractivity contribution in [2.24, 2.45) is 5.92 Å². The third-order valence-electron chi connectivity index (χ3n) is 5.56. The van der Waals surface area contributed by atoms with Crippen LogP contribution in [-0.4, -0.2) is 56.9 Å². The summed E-state index contributed by atoms with van der Waals surface area (Å²) in [5.41, 5.74) is 2.37. The molecule has 1 atom stereocenters. The second kappa shape index (κ2) is 10.5. The van der Waals surface area contributed by atoms with E-state index in [-0.39, 0.29) is 16.7 Å². The molecule has 0 spiro atoms. The normalized spacial score (nSPS) is 15.8. The van der Waals surface area contributed by atoms with Gasteiger partial charge in [0.2, 0.25) is 15.9 Å². The van der Waals surface area contributed by atoms with Crippen LogP contribution in [0.5, 0.6) is 0 Å². The van der Waals surface area contributed by atoms with Crippen LogP contribution >= 0.6 is 0 Å². The molecule has 2 aromatic rings. The van der Waals surface area contributed by atoms with Crippen LogP contribution in [-0.2, 0) is 19.6 Å². The third kappa shape index (κ3) is 5.98. The molecule has 0 saturated carbocycles. The summed E-state index contributed by atoms with van der Waals surface area (Å²) >= 11 is 0. The van der Waals surface area contributed by atoms with Gasteiger partial charge >= 0.3 is 0 Å². The van der Waals surface area contributed by atoms with Crippen molar-refractivity contribution in [3.05, 3.63) is 59.2 Å². The van der Waals surface area contributed by atoms with Gasteiger partial charge in [-0.1, -0.05) is 37.6 Å². The Morgan fingerprint density at radius 3 is 2.36 bits per heavy atom. The van der Waals surface area contributed by atoms with E-state index in [1.54, 1.807) is 37.3 Å². The van der Waals surface area contributed by atoms with Gasteiger partial charge in [-0.2, -0.15) is 4.31 Å². The second-order valence-electron chi connectivity index (χ2n) is 8.55. The number of benzene rings is 2. The van der Waals surface area contributed by atoms with Crippen molar-refractivity contribution in [2.75, 3.05) is 31.6 Å². The van der Waals surface area contributed by atoms with Gasteiger partial charge in [-0.25, -0.2) is 8.42 Å². The molecule has 0 aromatic heterocycles. The van der Waals surface area contributed by atoms with Crippen LogP contribution in [0, 0.1) is 19.8 Å². The van der Waals surface area contributed by atoms with Crippen LogP contribution < -0.4 is 10.6 Å². The van der Waals surface area contributed by atoms with E-state index in [1.165, 1.54) is 10.4 Å². The van der Waals surface area contributed by atoms with Crippen LogP contribution in [0.2, 0.25) is 0 Å². The first-order valence-corrected chi connectivity index (χ1v) is 12.4. The van der Waals surface area contributed by atoms with Crippen molar-refractivity contribution in [1.29, 1.82) is 0 Å². The van der Waals surface area contributed by atoms with Crippen molar-refractivity contribution in [3.8, 4) is 0 Å². The van der Waals surface area contributed by atoms with Crippen LogP contribution in [0.4, 0.5) is 5.69 Å². The topological polar surface area (TPSA) is 105 Å². The van der Waals surface area contributed by atoms with Crippen LogP contribution in [0.15, 0.2) is 47.4 Å². The van der Waals surface area contributed by atoms with Crippen molar-refractivity contribution in [1.82, 2.24) is 9.62 Å². The number of aryl methyl sites for hydroxylation is 2. The molecule has 1 saturated heterocycles. The van der Waals surface area contributed by atoms with Gasteiger partial charge < -0.3 is 15.4 Å². The minimum Gasteiger partial charge on any atom is -0.379 e. The molecule has 0 radical (unpaired) electrons. The van der Waals surface area contributed by atoms with Crippen LogP contribution in [0.3, 0.4) is 0 Å². The van der Waals surface area contributed by atoms with E-state index in [1.807, 2.05) is 26.8 Å². The number of hydrogen-bond acceptors (Lipinski definition) is 5. The highest BCUT2D eigenvalue weighted by atomic mass is 32.2. The number of carbonyl (C=O) groups excluding carboxylic acids is 2. The first-order valence-electron chi connectivity index (χ1n) is 11.0. The van der Waals surface area contributed by atoms with Gasteiger partial charge in [-0.3, -0.25) is 9.59 Å². The molecule has 1 aliphatic rings. The first-order chi connectivity index (χ1) is 15.6. The Morgan fingerprint density at radius 2 is 1.73 bits per heavy atom. The van der Waals surface area contributed by atoms with Crippen molar-refractivity contribution >= 4 is 27.5 Å². The Balaban J connectivity index is 1.79. The van der Waals surface area contributed by atoms with E-state index < -0.39 is 22.0 Å². The minimum atomic E-state index is -3.71. The van der Waals surface area contributed by atoms with Crippen molar-refractivity contribution in [3.63, 3.8) is 0 Å². The lowest BCUT2D eigenvalue weighted by molar-refractivity contribution is -0.118. The molecule has 2 aromatic carbocycles. The smallest absolute Gasteiger partial charge is 0.251 e. The average Bonchev–Trinajstić information content (AvgIpc) is 2.78. The molecule has 3 rings (SSSR count). The Hall–Kier alpha value is -2.75. The second-order valence-corrected chi connectivity index (χ2v) is 10.5. The zero-order valence-electron chi connectivity index (χ0n) is 19.4. The predicted octanol–water partition coefficient (Wildman–Crippen LogP) is 2.72. The minimum absolute atomic E-state index is 0.145.